The summed E-state index contributed by atoms with van der Waals surface area (Å²) in [6.45, 7) is 0. The quantitative estimate of drug-likeness (QED) is 0.715. The van der Waals surface area contributed by atoms with E-state index in [9.17, 15) is 13.2 Å². The normalized spacial score (nSPS) is 11.4. The SMILES string of the molecule is O=C(CS(=O)(=O)c1ccc2ccccc2c1)Nc1ccccc1Br. The summed E-state index contributed by atoms with van der Waals surface area (Å²) in [5.41, 5.74) is 0.538. The van der Waals surface area contributed by atoms with E-state index < -0.39 is 21.5 Å². The number of sulfone groups is 1. The Balaban J connectivity index is 1.82. The van der Waals surface area contributed by atoms with Gasteiger partial charge in [0.2, 0.25) is 5.91 Å². The van der Waals surface area contributed by atoms with Crippen LogP contribution in [0.15, 0.2) is 76.1 Å². The second-order valence-electron chi connectivity index (χ2n) is 5.30. The zero-order valence-corrected chi connectivity index (χ0v) is 15.0. The van der Waals surface area contributed by atoms with Crippen molar-refractivity contribution in [3.63, 3.8) is 0 Å². The van der Waals surface area contributed by atoms with Crippen LogP contribution in [0, 0.1) is 0 Å². The number of amides is 1. The van der Waals surface area contributed by atoms with Crippen molar-refractivity contribution in [2.75, 3.05) is 11.1 Å². The van der Waals surface area contributed by atoms with Crippen molar-refractivity contribution >= 4 is 48.1 Å². The number of rotatable bonds is 4. The van der Waals surface area contributed by atoms with Gasteiger partial charge in [-0.1, -0.05) is 42.5 Å². The summed E-state index contributed by atoms with van der Waals surface area (Å²) < 4.78 is 25.7. The van der Waals surface area contributed by atoms with Gasteiger partial charge in [0.15, 0.2) is 9.84 Å². The molecule has 0 aliphatic carbocycles. The van der Waals surface area contributed by atoms with Crippen LogP contribution in [0.4, 0.5) is 5.69 Å². The third-order valence-electron chi connectivity index (χ3n) is 3.55. The first kappa shape index (κ1) is 16.7. The number of para-hydroxylation sites is 1. The lowest BCUT2D eigenvalue weighted by molar-refractivity contribution is -0.113. The third-order valence-corrected chi connectivity index (χ3v) is 5.86. The van der Waals surface area contributed by atoms with E-state index >= 15 is 0 Å². The summed E-state index contributed by atoms with van der Waals surface area (Å²) in [5.74, 6) is -1.18. The van der Waals surface area contributed by atoms with Gasteiger partial charge in [-0.2, -0.15) is 0 Å². The molecule has 0 aliphatic heterocycles. The van der Waals surface area contributed by atoms with Crippen molar-refractivity contribution in [2.45, 2.75) is 4.90 Å². The Kier molecular flexibility index (Phi) is 4.69. The van der Waals surface area contributed by atoms with E-state index in [1.165, 1.54) is 6.07 Å². The molecule has 0 spiro atoms. The number of anilines is 1. The minimum absolute atomic E-state index is 0.142. The molecule has 0 fully saturated rings. The molecule has 0 aromatic heterocycles. The van der Waals surface area contributed by atoms with Gasteiger partial charge in [-0.3, -0.25) is 4.79 Å². The molecule has 0 radical (unpaired) electrons. The Morgan fingerprint density at radius 2 is 1.58 bits per heavy atom. The molecule has 6 heteroatoms. The topological polar surface area (TPSA) is 63.2 Å². The largest absolute Gasteiger partial charge is 0.324 e. The summed E-state index contributed by atoms with van der Waals surface area (Å²) >= 11 is 3.31. The fourth-order valence-corrected chi connectivity index (χ4v) is 3.92. The van der Waals surface area contributed by atoms with Crippen LogP contribution < -0.4 is 5.32 Å². The lowest BCUT2D eigenvalue weighted by Crippen LogP contribution is -2.23. The van der Waals surface area contributed by atoms with Crippen molar-refractivity contribution in [1.82, 2.24) is 0 Å². The molecule has 4 nitrogen and oxygen atoms in total. The first-order valence-electron chi connectivity index (χ1n) is 7.22. The molecule has 3 aromatic carbocycles. The number of nitrogens with one attached hydrogen (secondary N) is 1. The minimum atomic E-state index is -3.71. The van der Waals surface area contributed by atoms with E-state index in [1.54, 1.807) is 30.3 Å². The fraction of sp³-hybridized carbons (Fsp3) is 0.0556. The van der Waals surface area contributed by atoms with E-state index in [0.29, 0.717) is 10.2 Å². The average Bonchev–Trinajstić information content (AvgIpc) is 2.56. The summed E-state index contributed by atoms with van der Waals surface area (Å²) in [6.07, 6.45) is 0. The van der Waals surface area contributed by atoms with Crippen molar-refractivity contribution in [1.29, 1.82) is 0 Å². The number of benzene rings is 3. The van der Waals surface area contributed by atoms with Gasteiger partial charge in [-0.25, -0.2) is 8.42 Å². The first-order valence-corrected chi connectivity index (χ1v) is 9.66. The molecular weight excluding hydrogens is 390 g/mol. The molecule has 24 heavy (non-hydrogen) atoms. The number of hydrogen-bond acceptors (Lipinski definition) is 3. The van der Waals surface area contributed by atoms with Crippen molar-refractivity contribution in [2.24, 2.45) is 0 Å². The maximum Gasteiger partial charge on any atom is 0.239 e. The average molecular weight is 404 g/mol. The molecule has 1 N–H and O–H groups in total. The van der Waals surface area contributed by atoms with Crippen LogP contribution in [0.5, 0.6) is 0 Å². The van der Waals surface area contributed by atoms with E-state index in [1.807, 2.05) is 30.3 Å². The molecule has 0 saturated carbocycles. The Hall–Kier alpha value is -2.18. The molecule has 0 heterocycles. The second-order valence-corrected chi connectivity index (χ2v) is 8.14. The molecule has 0 saturated heterocycles. The molecule has 3 rings (SSSR count). The zero-order valence-electron chi connectivity index (χ0n) is 12.6. The highest BCUT2D eigenvalue weighted by atomic mass is 79.9. The van der Waals surface area contributed by atoms with E-state index in [2.05, 4.69) is 21.2 Å². The highest BCUT2D eigenvalue weighted by Crippen LogP contribution is 2.22. The number of halogens is 1. The van der Waals surface area contributed by atoms with Crippen LogP contribution in [-0.4, -0.2) is 20.1 Å². The Labute approximate surface area is 148 Å². The molecular formula is C18H14BrNO3S. The lowest BCUT2D eigenvalue weighted by atomic mass is 10.1. The van der Waals surface area contributed by atoms with Crippen LogP contribution >= 0.6 is 15.9 Å². The summed E-state index contributed by atoms with van der Waals surface area (Å²) in [6, 6.07) is 19.4. The maximum atomic E-state index is 12.5. The monoisotopic (exact) mass is 403 g/mol. The van der Waals surface area contributed by atoms with Gasteiger partial charge in [-0.15, -0.1) is 0 Å². The standard InChI is InChI=1S/C18H14BrNO3S/c19-16-7-3-4-8-17(16)20-18(21)12-24(22,23)15-10-9-13-5-1-2-6-14(13)11-15/h1-11H,12H2,(H,20,21). The van der Waals surface area contributed by atoms with Crippen molar-refractivity contribution in [3.8, 4) is 0 Å². The van der Waals surface area contributed by atoms with E-state index in [0.717, 1.165) is 10.8 Å². The van der Waals surface area contributed by atoms with Gasteiger partial charge in [0.25, 0.3) is 0 Å². The van der Waals surface area contributed by atoms with Crippen LogP contribution in [0.1, 0.15) is 0 Å². The van der Waals surface area contributed by atoms with Crippen LogP contribution in [-0.2, 0) is 14.6 Å². The van der Waals surface area contributed by atoms with Crippen LogP contribution in [0.3, 0.4) is 0 Å². The third kappa shape index (κ3) is 3.66. The van der Waals surface area contributed by atoms with Crippen molar-refractivity contribution < 1.29 is 13.2 Å². The summed E-state index contributed by atoms with van der Waals surface area (Å²) in [7, 11) is -3.71. The van der Waals surface area contributed by atoms with Crippen LogP contribution in [0.25, 0.3) is 10.8 Å². The zero-order chi connectivity index (χ0) is 17.2. The van der Waals surface area contributed by atoms with Crippen LogP contribution in [0.2, 0.25) is 0 Å². The van der Waals surface area contributed by atoms with Gasteiger partial charge in [0.1, 0.15) is 5.75 Å². The highest BCUT2D eigenvalue weighted by Gasteiger charge is 2.20. The highest BCUT2D eigenvalue weighted by molar-refractivity contribution is 9.10. The number of hydrogen-bond donors (Lipinski definition) is 1. The molecule has 122 valence electrons. The van der Waals surface area contributed by atoms with Gasteiger partial charge < -0.3 is 5.32 Å². The Morgan fingerprint density at radius 1 is 0.917 bits per heavy atom. The number of fused-ring (bicyclic) bond motifs is 1. The minimum Gasteiger partial charge on any atom is -0.324 e. The molecule has 0 aliphatic rings. The molecule has 1 amide bonds. The van der Waals surface area contributed by atoms with Gasteiger partial charge in [0.05, 0.1) is 10.6 Å². The summed E-state index contributed by atoms with van der Waals surface area (Å²) in [4.78, 5) is 12.2. The molecule has 0 atom stereocenters. The predicted octanol–water partition coefficient (Wildman–Crippen LogP) is 4.01. The van der Waals surface area contributed by atoms with Gasteiger partial charge in [0, 0.05) is 4.47 Å². The maximum absolute atomic E-state index is 12.5. The smallest absolute Gasteiger partial charge is 0.239 e. The second kappa shape index (κ2) is 6.75. The van der Waals surface area contributed by atoms with Gasteiger partial charge in [-0.05, 0) is 51.0 Å². The fourth-order valence-electron chi connectivity index (χ4n) is 2.37. The molecule has 3 aromatic rings. The molecule has 0 unspecified atom stereocenters. The lowest BCUT2D eigenvalue weighted by Gasteiger charge is -2.08. The summed E-state index contributed by atoms with van der Waals surface area (Å²) in [5, 5.41) is 4.39. The number of carbonyl (C=O) groups is 1. The molecule has 0 bridgehead atoms. The Bertz CT molecular complexity index is 1020. The van der Waals surface area contributed by atoms with Crippen molar-refractivity contribution in [3.05, 3.63) is 71.2 Å². The van der Waals surface area contributed by atoms with E-state index in [-0.39, 0.29) is 4.90 Å². The number of carbonyl (C=O) groups excluding carboxylic acids is 1. The predicted molar refractivity (Wildman–Crippen MR) is 98.8 cm³/mol. The van der Waals surface area contributed by atoms with E-state index in [4.69, 9.17) is 0 Å². The Morgan fingerprint density at radius 3 is 2.33 bits per heavy atom. The first-order chi connectivity index (χ1) is 11.5. The van der Waals surface area contributed by atoms with Gasteiger partial charge >= 0.3 is 0 Å².